The van der Waals surface area contributed by atoms with Crippen LogP contribution in [0.15, 0.2) is 84.9 Å². The van der Waals surface area contributed by atoms with Crippen molar-refractivity contribution in [2.75, 3.05) is 13.7 Å². The number of methoxy groups -OCH3 is 1. The Morgan fingerprint density at radius 1 is 0.976 bits per heavy atom. The zero-order valence-electron chi connectivity index (χ0n) is 23.4. The molecule has 2 heterocycles. The number of amides is 1. The van der Waals surface area contributed by atoms with Crippen molar-refractivity contribution in [3.63, 3.8) is 0 Å². The monoisotopic (exact) mass is 562 g/mol. The topological polar surface area (TPSA) is 107 Å². The van der Waals surface area contributed by atoms with E-state index >= 15 is 0 Å². The Hall–Kier alpha value is -5.18. The molecule has 1 atom stereocenters. The first-order valence-corrected chi connectivity index (χ1v) is 13.7. The molecule has 5 aromatic rings. The van der Waals surface area contributed by atoms with E-state index in [-0.39, 0.29) is 12.3 Å². The number of benzene rings is 4. The Bertz CT molecular complexity index is 1780. The normalized spacial score (nSPS) is 13.4. The highest BCUT2D eigenvalue weighted by atomic mass is 16.5. The molecule has 0 spiro atoms. The maximum absolute atomic E-state index is 13.6. The Morgan fingerprint density at radius 3 is 2.55 bits per heavy atom. The molecule has 9 heteroatoms. The van der Waals surface area contributed by atoms with Gasteiger partial charge in [-0.05, 0) is 71.1 Å². The molecule has 9 nitrogen and oxygen atoms in total. The Labute approximate surface area is 242 Å². The van der Waals surface area contributed by atoms with Crippen LogP contribution in [0.1, 0.15) is 45.0 Å². The summed E-state index contributed by atoms with van der Waals surface area (Å²) in [5.41, 5.74) is 5.75. The molecule has 0 radical (unpaired) electrons. The fourth-order valence-electron chi connectivity index (χ4n) is 5.75. The first kappa shape index (κ1) is 27.0. The lowest BCUT2D eigenvalue weighted by Gasteiger charge is -2.32. The van der Waals surface area contributed by atoms with Crippen LogP contribution in [0.4, 0.5) is 0 Å². The first-order chi connectivity index (χ1) is 20.4. The number of nitrogens with zero attached hydrogens (tertiary/aromatic N) is 4. The van der Waals surface area contributed by atoms with Crippen molar-refractivity contribution in [3.8, 4) is 17.2 Å². The van der Waals surface area contributed by atoms with Crippen LogP contribution in [-0.4, -0.2) is 50.5 Å². The number of aryl methyl sites for hydroxylation is 1. The zero-order valence-corrected chi connectivity index (χ0v) is 23.4. The Morgan fingerprint density at radius 2 is 1.76 bits per heavy atom. The van der Waals surface area contributed by atoms with E-state index in [4.69, 9.17) is 9.47 Å². The van der Waals surface area contributed by atoms with Gasteiger partial charge in [0.05, 0.1) is 13.5 Å². The summed E-state index contributed by atoms with van der Waals surface area (Å²) in [4.78, 5) is 27.5. The predicted molar refractivity (Wildman–Crippen MR) is 157 cm³/mol. The predicted octanol–water partition coefficient (Wildman–Crippen LogP) is 5.57. The molecule has 0 aliphatic carbocycles. The molecule has 1 aromatic heterocycles. The number of rotatable bonds is 8. The van der Waals surface area contributed by atoms with Gasteiger partial charge in [0.1, 0.15) is 28.3 Å². The average molecular weight is 563 g/mol. The number of aromatic nitrogens is 3. The van der Waals surface area contributed by atoms with Gasteiger partial charge < -0.3 is 19.5 Å². The van der Waals surface area contributed by atoms with Gasteiger partial charge in [0.25, 0.3) is 5.91 Å². The second kappa shape index (κ2) is 11.4. The van der Waals surface area contributed by atoms with Gasteiger partial charge in [-0.1, -0.05) is 47.7 Å². The molecule has 0 bridgehead atoms. The lowest BCUT2D eigenvalue weighted by Crippen LogP contribution is -2.36. The van der Waals surface area contributed by atoms with E-state index in [0.717, 1.165) is 27.8 Å². The summed E-state index contributed by atoms with van der Waals surface area (Å²) < 4.78 is 13.2. The number of carboxylic acid groups (broad SMARTS) is 1. The zero-order chi connectivity index (χ0) is 29.2. The Kier molecular flexibility index (Phi) is 7.31. The van der Waals surface area contributed by atoms with Crippen molar-refractivity contribution >= 4 is 22.9 Å². The summed E-state index contributed by atoms with van der Waals surface area (Å²) in [6.45, 7) is 0.941. The fourth-order valence-corrected chi connectivity index (χ4v) is 5.75. The number of carboxylic acids is 1. The minimum Gasteiger partial charge on any atom is -0.494 e. The maximum Gasteiger partial charge on any atom is 0.304 e. The maximum atomic E-state index is 13.6. The van der Waals surface area contributed by atoms with Gasteiger partial charge >= 0.3 is 5.97 Å². The number of hydrogen-bond donors (Lipinski definition) is 1. The summed E-state index contributed by atoms with van der Waals surface area (Å²) >= 11 is 0. The van der Waals surface area contributed by atoms with Gasteiger partial charge in [0, 0.05) is 31.6 Å². The molecular weight excluding hydrogens is 532 g/mol. The van der Waals surface area contributed by atoms with Crippen LogP contribution in [0.2, 0.25) is 0 Å². The van der Waals surface area contributed by atoms with E-state index in [0.29, 0.717) is 47.8 Å². The summed E-state index contributed by atoms with van der Waals surface area (Å²) in [5, 5.41) is 18.2. The third-order valence-corrected chi connectivity index (χ3v) is 7.71. The van der Waals surface area contributed by atoms with Crippen LogP contribution in [0.3, 0.4) is 0 Å². The third-order valence-electron chi connectivity index (χ3n) is 7.71. The van der Waals surface area contributed by atoms with Crippen molar-refractivity contribution in [2.24, 2.45) is 7.05 Å². The van der Waals surface area contributed by atoms with Crippen LogP contribution >= 0.6 is 0 Å². The minimum absolute atomic E-state index is 0.0792. The smallest absolute Gasteiger partial charge is 0.304 e. The highest BCUT2D eigenvalue weighted by molar-refractivity contribution is 5.94. The van der Waals surface area contributed by atoms with E-state index in [1.54, 1.807) is 31.0 Å². The quantitative estimate of drug-likeness (QED) is 0.263. The second-order valence-electron chi connectivity index (χ2n) is 10.4. The molecule has 42 heavy (non-hydrogen) atoms. The van der Waals surface area contributed by atoms with Crippen molar-refractivity contribution in [1.82, 2.24) is 19.9 Å². The van der Waals surface area contributed by atoms with Crippen LogP contribution in [-0.2, 0) is 24.8 Å². The second-order valence-corrected chi connectivity index (χ2v) is 10.4. The molecule has 6 rings (SSSR count). The molecule has 0 saturated carbocycles. The number of fused-ring (bicyclic) bond motifs is 2. The fraction of sp³-hybridized carbons (Fsp3) is 0.212. The standard InChI is InChI=1S/C33H30N4O5/c1-36-32-29(34-35-36)17-23(18-30(32)41-2)28(19-31(38)39)27-13-7-9-22-20-37(15-14-26(22)27)33(40)21-8-6-12-25(16-21)42-24-10-4-3-5-11-24/h3-13,16-18,28H,14-15,19-20H2,1-2H3,(H,38,39). The van der Waals surface area contributed by atoms with Crippen LogP contribution in [0, 0.1) is 0 Å². The van der Waals surface area contributed by atoms with E-state index in [9.17, 15) is 14.7 Å². The van der Waals surface area contributed by atoms with E-state index in [2.05, 4.69) is 10.3 Å². The highest BCUT2D eigenvalue weighted by Crippen LogP contribution is 2.38. The number of hydrogen-bond acceptors (Lipinski definition) is 6. The van der Waals surface area contributed by atoms with E-state index in [1.807, 2.05) is 77.7 Å². The molecule has 0 saturated heterocycles. The molecule has 1 amide bonds. The van der Waals surface area contributed by atoms with Gasteiger partial charge in [-0.2, -0.15) is 0 Å². The van der Waals surface area contributed by atoms with Crippen LogP contribution in [0.5, 0.6) is 17.2 Å². The number of aliphatic carboxylic acids is 1. The van der Waals surface area contributed by atoms with E-state index in [1.165, 1.54) is 0 Å². The lowest BCUT2D eigenvalue weighted by molar-refractivity contribution is -0.137. The number of ether oxygens (including phenoxy) is 2. The summed E-state index contributed by atoms with van der Waals surface area (Å²) in [6.07, 6.45) is 0.514. The molecular formula is C33H30N4O5. The lowest BCUT2D eigenvalue weighted by atomic mass is 9.82. The van der Waals surface area contributed by atoms with Crippen LogP contribution < -0.4 is 9.47 Å². The molecule has 0 fully saturated rings. The molecule has 4 aromatic carbocycles. The molecule has 1 N–H and O–H groups in total. The molecule has 212 valence electrons. The molecule has 1 aliphatic rings. The third kappa shape index (κ3) is 5.28. The number of carbonyl (C=O) groups excluding carboxylic acids is 1. The Balaban J connectivity index is 1.29. The largest absolute Gasteiger partial charge is 0.494 e. The SMILES string of the molecule is COc1cc(C(CC(=O)O)c2cccc3c2CCN(C(=O)c2cccc(Oc4ccccc4)c2)C3)cc2nnn(C)c12. The minimum atomic E-state index is -0.902. The van der Waals surface area contributed by atoms with E-state index < -0.39 is 11.9 Å². The van der Waals surface area contributed by atoms with Crippen molar-refractivity contribution < 1.29 is 24.2 Å². The van der Waals surface area contributed by atoms with Crippen LogP contribution in [0.25, 0.3) is 11.0 Å². The highest BCUT2D eigenvalue weighted by Gasteiger charge is 2.28. The van der Waals surface area contributed by atoms with Crippen molar-refractivity contribution in [3.05, 3.63) is 113 Å². The van der Waals surface area contributed by atoms with Gasteiger partial charge in [0.15, 0.2) is 0 Å². The number of para-hydroxylation sites is 1. The van der Waals surface area contributed by atoms with Crippen molar-refractivity contribution in [2.45, 2.75) is 25.3 Å². The van der Waals surface area contributed by atoms with Gasteiger partial charge in [0.2, 0.25) is 0 Å². The first-order valence-electron chi connectivity index (χ1n) is 13.7. The molecule has 1 unspecified atom stereocenters. The van der Waals surface area contributed by atoms with Gasteiger partial charge in [-0.15, -0.1) is 5.10 Å². The average Bonchev–Trinajstić information content (AvgIpc) is 3.39. The summed E-state index contributed by atoms with van der Waals surface area (Å²) in [6, 6.07) is 26.4. The number of carbonyl (C=O) groups is 2. The van der Waals surface area contributed by atoms with Gasteiger partial charge in [-0.3, -0.25) is 9.59 Å². The summed E-state index contributed by atoms with van der Waals surface area (Å²) in [5.74, 6) is 0.482. The van der Waals surface area contributed by atoms with Gasteiger partial charge in [-0.25, -0.2) is 4.68 Å². The summed E-state index contributed by atoms with van der Waals surface area (Å²) in [7, 11) is 3.37. The molecule has 1 aliphatic heterocycles. The van der Waals surface area contributed by atoms with Crippen molar-refractivity contribution in [1.29, 1.82) is 0 Å².